The first-order valence-electron chi connectivity index (χ1n) is 8.12. The lowest BCUT2D eigenvalue weighted by atomic mass is 10.0. The minimum atomic E-state index is -0.588. The zero-order valence-corrected chi connectivity index (χ0v) is 14.9. The number of hydrogen-bond donors (Lipinski definition) is 0. The Hall–Kier alpha value is -2.99. The van der Waals surface area contributed by atoms with E-state index in [2.05, 4.69) is 4.98 Å². The number of esters is 2. The molecule has 0 radical (unpaired) electrons. The summed E-state index contributed by atoms with van der Waals surface area (Å²) in [4.78, 5) is 28.3. The summed E-state index contributed by atoms with van der Waals surface area (Å²) in [5.74, 6) is -1.13. The number of rotatable bonds is 6. The first kappa shape index (κ1) is 17.8. The van der Waals surface area contributed by atoms with Crippen molar-refractivity contribution >= 4 is 23.3 Å². The van der Waals surface area contributed by atoms with E-state index in [0.29, 0.717) is 0 Å². The van der Waals surface area contributed by atoms with E-state index in [0.717, 1.165) is 22.5 Å². The number of carbonyl (C=O) groups is 2. The molecule has 1 heterocycles. The second kappa shape index (κ2) is 8.40. The molecule has 26 heavy (non-hydrogen) atoms. The highest BCUT2D eigenvalue weighted by Crippen LogP contribution is 2.27. The zero-order chi connectivity index (χ0) is 18.4. The molecule has 1 aromatic heterocycles. The summed E-state index contributed by atoms with van der Waals surface area (Å²) in [6.45, 7) is 1.97. The summed E-state index contributed by atoms with van der Waals surface area (Å²) in [6, 6.07) is 19.0. The highest BCUT2D eigenvalue weighted by atomic mass is 32.1. The second-order valence-electron chi connectivity index (χ2n) is 5.37. The van der Waals surface area contributed by atoms with Gasteiger partial charge in [-0.1, -0.05) is 60.7 Å². The maximum atomic E-state index is 12.6. The highest BCUT2D eigenvalue weighted by molar-refractivity contribution is 7.11. The standard InChI is InChI=1S/C20H17NO4S/c1-2-24-20(23)18-21-16(13-26-18)19(22)25-17(14-9-5-3-6-10-14)15-11-7-4-8-12-15/h3-13,17H,2H2,1H3. The molecule has 3 rings (SSSR count). The van der Waals surface area contributed by atoms with E-state index in [1.54, 1.807) is 6.92 Å². The summed E-state index contributed by atoms with van der Waals surface area (Å²) in [7, 11) is 0. The van der Waals surface area contributed by atoms with Gasteiger partial charge in [-0.05, 0) is 18.1 Å². The number of carbonyl (C=O) groups excluding carboxylic acids is 2. The lowest BCUT2D eigenvalue weighted by Gasteiger charge is -2.18. The van der Waals surface area contributed by atoms with Crippen LogP contribution in [0.1, 0.15) is 44.4 Å². The van der Waals surface area contributed by atoms with Gasteiger partial charge in [0.15, 0.2) is 11.8 Å². The maximum absolute atomic E-state index is 12.6. The molecule has 0 amide bonds. The van der Waals surface area contributed by atoms with Crippen molar-refractivity contribution in [2.75, 3.05) is 6.61 Å². The van der Waals surface area contributed by atoms with Crippen LogP contribution in [0.4, 0.5) is 0 Å². The number of thiazole rings is 1. The van der Waals surface area contributed by atoms with Crippen molar-refractivity contribution in [3.05, 3.63) is 87.9 Å². The predicted molar refractivity (Wildman–Crippen MR) is 98.2 cm³/mol. The van der Waals surface area contributed by atoms with Crippen LogP contribution in [0.3, 0.4) is 0 Å². The largest absolute Gasteiger partial charge is 0.461 e. The molecule has 5 nitrogen and oxygen atoms in total. The van der Waals surface area contributed by atoms with E-state index in [1.165, 1.54) is 5.38 Å². The molecule has 0 aliphatic rings. The van der Waals surface area contributed by atoms with Gasteiger partial charge >= 0.3 is 11.9 Å². The van der Waals surface area contributed by atoms with Crippen LogP contribution in [0.15, 0.2) is 66.0 Å². The molecular formula is C20H17NO4S. The van der Waals surface area contributed by atoms with Gasteiger partial charge in [-0.25, -0.2) is 14.6 Å². The van der Waals surface area contributed by atoms with Gasteiger partial charge in [-0.15, -0.1) is 11.3 Å². The number of hydrogen-bond acceptors (Lipinski definition) is 6. The van der Waals surface area contributed by atoms with Gasteiger partial charge < -0.3 is 9.47 Å². The first-order valence-corrected chi connectivity index (χ1v) is 9.00. The van der Waals surface area contributed by atoms with E-state index in [9.17, 15) is 9.59 Å². The topological polar surface area (TPSA) is 65.5 Å². The van der Waals surface area contributed by atoms with Crippen LogP contribution in [-0.2, 0) is 9.47 Å². The Bertz CT molecular complexity index is 838. The normalized spacial score (nSPS) is 10.5. The van der Waals surface area contributed by atoms with E-state index in [4.69, 9.17) is 9.47 Å². The maximum Gasteiger partial charge on any atom is 0.367 e. The molecule has 0 saturated heterocycles. The molecule has 0 aliphatic carbocycles. The Morgan fingerprint density at radius 1 is 0.962 bits per heavy atom. The number of benzene rings is 2. The molecule has 0 N–H and O–H groups in total. The van der Waals surface area contributed by atoms with Crippen molar-refractivity contribution in [3.63, 3.8) is 0 Å². The van der Waals surface area contributed by atoms with Gasteiger partial charge in [-0.3, -0.25) is 0 Å². The van der Waals surface area contributed by atoms with Crippen molar-refractivity contribution < 1.29 is 19.1 Å². The van der Waals surface area contributed by atoms with Crippen LogP contribution in [0.2, 0.25) is 0 Å². The number of aromatic nitrogens is 1. The number of nitrogens with zero attached hydrogens (tertiary/aromatic N) is 1. The lowest BCUT2D eigenvalue weighted by Crippen LogP contribution is -2.14. The van der Waals surface area contributed by atoms with Gasteiger partial charge in [-0.2, -0.15) is 0 Å². The smallest absolute Gasteiger partial charge is 0.367 e. The molecule has 0 atom stereocenters. The van der Waals surface area contributed by atoms with Crippen molar-refractivity contribution in [2.45, 2.75) is 13.0 Å². The van der Waals surface area contributed by atoms with Gasteiger partial charge in [0.2, 0.25) is 5.01 Å². The Morgan fingerprint density at radius 3 is 2.08 bits per heavy atom. The fourth-order valence-electron chi connectivity index (χ4n) is 2.41. The second-order valence-corrected chi connectivity index (χ2v) is 6.22. The van der Waals surface area contributed by atoms with Crippen molar-refractivity contribution in [1.82, 2.24) is 4.98 Å². The Morgan fingerprint density at radius 2 is 1.54 bits per heavy atom. The molecule has 3 aromatic rings. The van der Waals surface area contributed by atoms with Gasteiger partial charge in [0, 0.05) is 5.38 Å². The summed E-state index contributed by atoms with van der Waals surface area (Å²) < 4.78 is 10.6. The molecule has 0 unspecified atom stereocenters. The molecule has 0 fully saturated rings. The van der Waals surface area contributed by atoms with Crippen molar-refractivity contribution in [3.8, 4) is 0 Å². The number of ether oxygens (including phenoxy) is 2. The van der Waals surface area contributed by atoms with Gasteiger partial charge in [0.05, 0.1) is 6.61 Å². The van der Waals surface area contributed by atoms with Crippen LogP contribution < -0.4 is 0 Å². The van der Waals surface area contributed by atoms with E-state index in [-0.39, 0.29) is 17.3 Å². The molecule has 0 spiro atoms. The van der Waals surface area contributed by atoms with Crippen LogP contribution in [0.25, 0.3) is 0 Å². The van der Waals surface area contributed by atoms with E-state index < -0.39 is 18.0 Å². The highest BCUT2D eigenvalue weighted by Gasteiger charge is 2.23. The molecular weight excluding hydrogens is 350 g/mol. The van der Waals surface area contributed by atoms with Gasteiger partial charge in [0.1, 0.15) is 0 Å². The zero-order valence-electron chi connectivity index (χ0n) is 14.1. The third-order valence-electron chi connectivity index (χ3n) is 3.59. The third-order valence-corrected chi connectivity index (χ3v) is 4.42. The fourth-order valence-corrected chi connectivity index (χ4v) is 3.08. The Labute approximate surface area is 155 Å². The summed E-state index contributed by atoms with van der Waals surface area (Å²) in [5, 5.41) is 1.64. The van der Waals surface area contributed by atoms with Crippen LogP contribution in [-0.4, -0.2) is 23.5 Å². The SMILES string of the molecule is CCOC(=O)c1nc(C(=O)OC(c2ccccc2)c2ccccc2)cs1. The van der Waals surface area contributed by atoms with Gasteiger partial charge in [0.25, 0.3) is 0 Å². The molecule has 6 heteroatoms. The average molecular weight is 367 g/mol. The Kier molecular flexibility index (Phi) is 5.76. The lowest BCUT2D eigenvalue weighted by molar-refractivity contribution is 0.0372. The third kappa shape index (κ3) is 4.15. The first-order chi connectivity index (χ1) is 12.7. The molecule has 132 valence electrons. The molecule has 0 bridgehead atoms. The summed E-state index contributed by atoms with van der Waals surface area (Å²) in [5.41, 5.74) is 1.80. The Balaban J connectivity index is 1.83. The predicted octanol–water partition coefficient (Wildman–Crippen LogP) is 4.27. The van der Waals surface area contributed by atoms with Crippen LogP contribution >= 0.6 is 11.3 Å². The van der Waals surface area contributed by atoms with Crippen LogP contribution in [0, 0.1) is 0 Å². The quantitative estimate of drug-likeness (QED) is 0.609. The fraction of sp³-hybridized carbons (Fsp3) is 0.150. The van der Waals surface area contributed by atoms with Crippen molar-refractivity contribution in [2.24, 2.45) is 0 Å². The van der Waals surface area contributed by atoms with Crippen LogP contribution in [0.5, 0.6) is 0 Å². The van der Waals surface area contributed by atoms with E-state index >= 15 is 0 Å². The van der Waals surface area contributed by atoms with Crippen molar-refractivity contribution in [1.29, 1.82) is 0 Å². The summed E-state index contributed by atoms with van der Waals surface area (Å²) in [6.07, 6.45) is -0.558. The van der Waals surface area contributed by atoms with E-state index in [1.807, 2.05) is 60.7 Å². The average Bonchev–Trinajstić information content (AvgIpc) is 3.18. The molecule has 0 aliphatic heterocycles. The summed E-state index contributed by atoms with van der Waals surface area (Å²) >= 11 is 1.06. The monoisotopic (exact) mass is 367 g/mol. The molecule has 0 saturated carbocycles. The molecule has 2 aromatic carbocycles. The minimum absolute atomic E-state index is 0.0925. The minimum Gasteiger partial charge on any atom is -0.461 e.